The molecule has 0 unspecified atom stereocenters. The lowest BCUT2D eigenvalue weighted by Crippen LogP contribution is -2.17. The summed E-state index contributed by atoms with van der Waals surface area (Å²) in [6, 6.07) is 3.17. The zero-order valence-electron chi connectivity index (χ0n) is 18.9. The highest BCUT2D eigenvalue weighted by Gasteiger charge is 2.19. The molecule has 1 aromatic carbocycles. The van der Waals surface area contributed by atoms with Crippen LogP contribution in [-0.2, 0) is 16.1 Å². The number of H-pyrrole nitrogens is 1. The molecule has 3 N–H and O–H groups in total. The first-order chi connectivity index (χ1) is 16.0. The van der Waals surface area contributed by atoms with Gasteiger partial charge in [0.05, 0.1) is 19.8 Å². The molecule has 2 aromatic rings. The monoisotopic (exact) mass is 453 g/mol. The molecule has 176 valence electrons. The van der Waals surface area contributed by atoms with Crippen molar-refractivity contribution in [3.05, 3.63) is 59.7 Å². The van der Waals surface area contributed by atoms with E-state index in [1.165, 1.54) is 6.07 Å². The van der Waals surface area contributed by atoms with E-state index in [0.29, 0.717) is 43.7 Å². The molecule has 0 spiro atoms. The number of aromatic amines is 1. The lowest BCUT2D eigenvalue weighted by Gasteiger charge is -2.14. The fourth-order valence-corrected chi connectivity index (χ4v) is 3.34. The Labute approximate surface area is 193 Å². The number of imidazole rings is 1. The first-order valence-corrected chi connectivity index (χ1v) is 11.3. The Kier molecular flexibility index (Phi) is 9.26. The third-order valence-corrected chi connectivity index (χ3v) is 5.12. The third kappa shape index (κ3) is 7.91. The summed E-state index contributed by atoms with van der Waals surface area (Å²) in [7, 11) is 0. The second kappa shape index (κ2) is 12.6. The van der Waals surface area contributed by atoms with E-state index in [-0.39, 0.29) is 29.6 Å². The van der Waals surface area contributed by atoms with Gasteiger partial charge in [0.1, 0.15) is 22.9 Å². The van der Waals surface area contributed by atoms with Crippen molar-refractivity contribution in [1.82, 2.24) is 15.3 Å². The number of hydrogen-bond acceptors (Lipinski definition) is 7. The van der Waals surface area contributed by atoms with Crippen molar-refractivity contribution in [3.63, 3.8) is 0 Å². The van der Waals surface area contributed by atoms with Gasteiger partial charge in [-0.3, -0.25) is 4.79 Å². The number of ether oxygens (including phenoxy) is 2. The first-order valence-electron chi connectivity index (χ1n) is 11.3. The van der Waals surface area contributed by atoms with Gasteiger partial charge in [-0.25, -0.2) is 9.78 Å². The number of carbonyl (C=O) groups is 2. The average molecular weight is 454 g/mol. The molecule has 1 atom stereocenters. The Morgan fingerprint density at radius 3 is 3.00 bits per heavy atom. The van der Waals surface area contributed by atoms with Crippen LogP contribution in [0.5, 0.6) is 11.5 Å². The SMILES string of the molecule is C[C@@H]1/C=C\C(=O)CCC/C=C/c2cc(OCCCNCc3ncc[nH]3)cc(O)c2C(=O)OC1. The molecule has 2 heterocycles. The number of aromatic hydroxyl groups is 1. The van der Waals surface area contributed by atoms with E-state index in [1.54, 1.807) is 36.7 Å². The van der Waals surface area contributed by atoms with Crippen molar-refractivity contribution in [2.75, 3.05) is 19.8 Å². The molecule has 8 nitrogen and oxygen atoms in total. The van der Waals surface area contributed by atoms with Gasteiger partial charge >= 0.3 is 5.97 Å². The van der Waals surface area contributed by atoms with E-state index in [1.807, 2.05) is 13.0 Å². The maximum Gasteiger partial charge on any atom is 0.342 e. The summed E-state index contributed by atoms with van der Waals surface area (Å²) in [4.78, 5) is 31.8. The molecule has 0 saturated carbocycles. The number of phenols is 1. The predicted molar refractivity (Wildman–Crippen MR) is 125 cm³/mol. The Morgan fingerprint density at radius 2 is 2.18 bits per heavy atom. The highest BCUT2D eigenvalue weighted by atomic mass is 16.5. The van der Waals surface area contributed by atoms with E-state index in [0.717, 1.165) is 18.8 Å². The summed E-state index contributed by atoms with van der Waals surface area (Å²) in [6.07, 6.45) is 13.1. The number of nitrogens with zero attached hydrogens (tertiary/aromatic N) is 1. The van der Waals surface area contributed by atoms with Crippen LogP contribution in [0.2, 0.25) is 0 Å². The van der Waals surface area contributed by atoms with Crippen LogP contribution in [0.3, 0.4) is 0 Å². The van der Waals surface area contributed by atoms with E-state index in [4.69, 9.17) is 9.47 Å². The molecular weight excluding hydrogens is 422 g/mol. The number of rotatable bonds is 7. The molecule has 33 heavy (non-hydrogen) atoms. The maximum absolute atomic E-state index is 12.7. The number of hydrogen-bond donors (Lipinski definition) is 3. The molecule has 1 aliphatic heterocycles. The van der Waals surface area contributed by atoms with Gasteiger partial charge in [0.2, 0.25) is 0 Å². The van der Waals surface area contributed by atoms with E-state index in [9.17, 15) is 14.7 Å². The number of allylic oxidation sites excluding steroid dienone is 2. The fraction of sp³-hybridized carbons (Fsp3) is 0.400. The minimum atomic E-state index is -0.607. The summed E-state index contributed by atoms with van der Waals surface area (Å²) in [5.74, 6) is 0.517. The number of carbonyl (C=O) groups excluding carboxylic acids is 2. The number of esters is 1. The van der Waals surface area contributed by atoms with E-state index >= 15 is 0 Å². The van der Waals surface area contributed by atoms with Crippen LogP contribution < -0.4 is 10.1 Å². The van der Waals surface area contributed by atoms with Gasteiger partial charge in [-0.05, 0) is 43.5 Å². The summed E-state index contributed by atoms with van der Waals surface area (Å²) in [6.45, 7) is 3.83. The lowest BCUT2D eigenvalue weighted by molar-refractivity contribution is -0.114. The second-order valence-corrected chi connectivity index (χ2v) is 8.02. The minimum Gasteiger partial charge on any atom is -0.507 e. The van der Waals surface area contributed by atoms with Gasteiger partial charge in [-0.15, -0.1) is 0 Å². The van der Waals surface area contributed by atoms with Crippen molar-refractivity contribution in [2.45, 2.75) is 39.2 Å². The topological polar surface area (TPSA) is 114 Å². The van der Waals surface area contributed by atoms with Crippen LogP contribution in [0, 0.1) is 5.92 Å². The number of ketones is 1. The molecule has 3 rings (SSSR count). The number of fused-ring (bicyclic) bond motifs is 1. The zero-order chi connectivity index (χ0) is 23.5. The van der Waals surface area contributed by atoms with Crippen LogP contribution in [0.4, 0.5) is 0 Å². The van der Waals surface area contributed by atoms with Crippen LogP contribution in [0.1, 0.15) is 54.4 Å². The quantitative estimate of drug-likeness (QED) is 0.432. The van der Waals surface area contributed by atoms with Crippen LogP contribution in [0.15, 0.2) is 42.8 Å². The molecule has 0 fully saturated rings. The Bertz CT molecular complexity index is 982. The average Bonchev–Trinajstić information content (AvgIpc) is 3.31. The number of benzene rings is 1. The smallest absolute Gasteiger partial charge is 0.342 e. The molecule has 1 aliphatic rings. The zero-order valence-corrected chi connectivity index (χ0v) is 18.9. The van der Waals surface area contributed by atoms with Gasteiger partial charge in [-0.1, -0.05) is 25.2 Å². The Hall–Kier alpha value is -3.39. The van der Waals surface area contributed by atoms with Gasteiger partial charge in [-0.2, -0.15) is 0 Å². The fourth-order valence-electron chi connectivity index (χ4n) is 3.34. The van der Waals surface area contributed by atoms with Crippen molar-refractivity contribution in [3.8, 4) is 11.5 Å². The molecular formula is C25H31N3O5. The third-order valence-electron chi connectivity index (χ3n) is 5.12. The summed E-state index contributed by atoms with van der Waals surface area (Å²) < 4.78 is 11.2. The molecule has 0 aliphatic carbocycles. The Balaban J connectivity index is 1.63. The summed E-state index contributed by atoms with van der Waals surface area (Å²) in [5, 5.41) is 13.8. The molecule has 0 amide bonds. The summed E-state index contributed by atoms with van der Waals surface area (Å²) >= 11 is 0. The van der Waals surface area contributed by atoms with Crippen molar-refractivity contribution in [2.24, 2.45) is 5.92 Å². The minimum absolute atomic E-state index is 0.0611. The molecule has 8 heteroatoms. The molecule has 0 bridgehead atoms. The Morgan fingerprint density at radius 1 is 1.30 bits per heavy atom. The predicted octanol–water partition coefficient (Wildman–Crippen LogP) is 3.79. The number of cyclic esters (lactones) is 1. The number of phenolic OH excluding ortho intramolecular Hbond substituents is 1. The van der Waals surface area contributed by atoms with Gasteiger partial charge in [0.15, 0.2) is 5.78 Å². The summed E-state index contributed by atoms with van der Waals surface area (Å²) in [5.41, 5.74) is 0.639. The highest BCUT2D eigenvalue weighted by molar-refractivity contribution is 5.97. The molecule has 0 saturated heterocycles. The van der Waals surface area contributed by atoms with Crippen molar-refractivity contribution < 1.29 is 24.2 Å². The highest BCUT2D eigenvalue weighted by Crippen LogP contribution is 2.30. The normalized spacial score (nSPS) is 19.2. The van der Waals surface area contributed by atoms with Crippen LogP contribution in [0.25, 0.3) is 6.08 Å². The maximum atomic E-state index is 12.7. The van der Waals surface area contributed by atoms with Gasteiger partial charge < -0.3 is 24.9 Å². The van der Waals surface area contributed by atoms with Crippen molar-refractivity contribution >= 4 is 17.8 Å². The largest absolute Gasteiger partial charge is 0.507 e. The van der Waals surface area contributed by atoms with E-state index < -0.39 is 5.97 Å². The van der Waals surface area contributed by atoms with Crippen molar-refractivity contribution in [1.29, 1.82) is 0 Å². The van der Waals surface area contributed by atoms with E-state index in [2.05, 4.69) is 15.3 Å². The van der Waals surface area contributed by atoms with Crippen LogP contribution in [-0.4, -0.2) is 46.6 Å². The second-order valence-electron chi connectivity index (χ2n) is 8.02. The standard InChI is InChI=1S/C25H31N3O5/c1-18-8-9-20(29)7-4-2-3-6-19-14-21(15-22(30)24(19)25(31)33-17-18)32-13-5-10-26-16-23-27-11-12-28-23/h3,6,8-9,11-12,14-15,18,26,30H,2,4-5,7,10,13,16-17H2,1H3,(H,27,28)/b6-3+,9-8-/t18-/m1/s1. The van der Waals surface area contributed by atoms with Crippen LogP contribution >= 0.6 is 0 Å². The van der Waals surface area contributed by atoms with Gasteiger partial charge in [0, 0.05) is 30.8 Å². The first kappa shape index (κ1) is 24.3. The molecule has 0 radical (unpaired) electrons. The number of aromatic nitrogens is 2. The van der Waals surface area contributed by atoms with Gasteiger partial charge in [0.25, 0.3) is 0 Å². The lowest BCUT2D eigenvalue weighted by atomic mass is 10.0. The number of nitrogens with one attached hydrogen (secondary N) is 2. The molecule has 1 aromatic heterocycles.